The highest BCUT2D eigenvalue weighted by molar-refractivity contribution is 5.07. The largest absolute Gasteiger partial charge is 0.205 e. The first kappa shape index (κ1) is 20.2. The van der Waals surface area contributed by atoms with Crippen LogP contribution in [0.5, 0.6) is 0 Å². The van der Waals surface area contributed by atoms with Crippen LogP contribution in [0.1, 0.15) is 103 Å². The molecule has 0 unspecified atom stereocenters. The average Bonchev–Trinajstić information content (AvgIpc) is 2.58. The molecule has 0 aliphatic heterocycles. The summed E-state index contributed by atoms with van der Waals surface area (Å²) in [4.78, 5) is 0. The third-order valence-corrected chi connectivity index (χ3v) is 4.80. The number of unbranched alkanes of at least 4 members (excludes halogenated alkanes) is 11. The molecular weight excluding hydrogens is 278 g/mol. The predicted octanol–water partition coefficient (Wildman–Crippen LogP) is 6.63. The van der Waals surface area contributed by atoms with Crippen molar-refractivity contribution in [2.75, 3.05) is 0 Å². The molecule has 0 aromatic carbocycles. The van der Waals surface area contributed by atoms with E-state index in [1.54, 1.807) is 0 Å². The van der Waals surface area contributed by atoms with E-state index in [4.69, 9.17) is 0 Å². The minimum atomic E-state index is 1.18. The Bertz CT molecular complexity index is 355. The molecule has 0 aliphatic carbocycles. The van der Waals surface area contributed by atoms with Crippen molar-refractivity contribution in [1.82, 2.24) is 0 Å². The Balaban J connectivity index is 2.00. The Morgan fingerprint density at radius 2 is 1.09 bits per heavy atom. The van der Waals surface area contributed by atoms with Crippen molar-refractivity contribution >= 4 is 0 Å². The number of aryl methyl sites for hydroxylation is 2. The number of hydrogen-bond donors (Lipinski definition) is 0. The molecule has 0 bridgehead atoms. The Morgan fingerprint density at radius 3 is 1.65 bits per heavy atom. The summed E-state index contributed by atoms with van der Waals surface area (Å²) in [5.41, 5.74) is 1.51. The van der Waals surface area contributed by atoms with Gasteiger partial charge in [0.05, 0.1) is 0 Å². The van der Waals surface area contributed by atoms with Crippen molar-refractivity contribution in [3.05, 3.63) is 30.1 Å². The zero-order chi connectivity index (χ0) is 16.6. The molecule has 0 N–H and O–H groups in total. The molecule has 0 fully saturated rings. The summed E-state index contributed by atoms with van der Waals surface area (Å²) in [6, 6.07) is 4.65. The predicted molar refractivity (Wildman–Crippen MR) is 102 cm³/mol. The fraction of sp³-hybridized carbons (Fsp3) is 0.773. The zero-order valence-electron chi connectivity index (χ0n) is 15.9. The highest BCUT2D eigenvalue weighted by Gasteiger charge is 2.01. The minimum absolute atomic E-state index is 1.18. The number of nitrogens with zero attached hydrogens (tertiary/aromatic N) is 1. The molecule has 1 aromatic rings. The summed E-state index contributed by atoms with van der Waals surface area (Å²) >= 11 is 0. The van der Waals surface area contributed by atoms with Gasteiger partial charge in [0.25, 0.3) is 0 Å². The number of pyridine rings is 1. The molecule has 1 heteroatoms. The van der Waals surface area contributed by atoms with E-state index in [9.17, 15) is 0 Å². The van der Waals surface area contributed by atoms with Gasteiger partial charge in [0, 0.05) is 18.6 Å². The van der Waals surface area contributed by atoms with Crippen LogP contribution in [0.3, 0.4) is 0 Å². The van der Waals surface area contributed by atoms with Crippen LogP contribution >= 0.6 is 0 Å². The highest BCUT2D eigenvalue weighted by atomic mass is 14.9. The molecule has 0 aliphatic rings. The van der Waals surface area contributed by atoms with Crippen LogP contribution in [-0.4, -0.2) is 0 Å². The van der Waals surface area contributed by atoms with Gasteiger partial charge in [-0.15, -0.1) is 0 Å². The lowest BCUT2D eigenvalue weighted by Gasteiger charge is -2.03. The van der Waals surface area contributed by atoms with Gasteiger partial charge in [0.15, 0.2) is 12.4 Å². The molecule has 1 nitrogen and oxygen atoms in total. The lowest BCUT2D eigenvalue weighted by molar-refractivity contribution is -0.697. The SMILES string of the molecule is CCCCCCCCCCCc1cc[n+](CCCCCC)cc1. The van der Waals surface area contributed by atoms with E-state index in [0.29, 0.717) is 0 Å². The molecule has 0 amide bonds. The van der Waals surface area contributed by atoms with Crippen molar-refractivity contribution in [2.24, 2.45) is 0 Å². The molecule has 0 saturated heterocycles. The molecule has 23 heavy (non-hydrogen) atoms. The number of hydrogen-bond acceptors (Lipinski definition) is 0. The standard InChI is InChI=1S/C22H40N/c1-3-5-7-9-10-11-12-13-14-16-22-17-20-23(21-18-22)19-15-8-6-4-2/h17-18,20-21H,3-16,19H2,1-2H3/q+1. The van der Waals surface area contributed by atoms with Crippen LogP contribution in [0, 0.1) is 0 Å². The van der Waals surface area contributed by atoms with E-state index in [0.717, 1.165) is 0 Å². The van der Waals surface area contributed by atoms with Gasteiger partial charge in [-0.3, -0.25) is 0 Å². The Hall–Kier alpha value is -0.850. The second-order valence-electron chi connectivity index (χ2n) is 7.08. The fourth-order valence-corrected chi connectivity index (χ4v) is 3.16. The monoisotopic (exact) mass is 318 g/mol. The van der Waals surface area contributed by atoms with E-state index in [-0.39, 0.29) is 0 Å². The van der Waals surface area contributed by atoms with Gasteiger partial charge in [0.2, 0.25) is 0 Å². The second kappa shape index (κ2) is 14.7. The first-order chi connectivity index (χ1) is 11.4. The summed E-state index contributed by atoms with van der Waals surface area (Å²) < 4.78 is 2.34. The fourth-order valence-electron chi connectivity index (χ4n) is 3.16. The van der Waals surface area contributed by atoms with Gasteiger partial charge in [-0.25, -0.2) is 4.57 Å². The summed E-state index contributed by atoms with van der Waals surface area (Å²) in [6.07, 6.45) is 23.9. The maximum atomic E-state index is 2.34. The zero-order valence-corrected chi connectivity index (χ0v) is 15.9. The third-order valence-electron chi connectivity index (χ3n) is 4.80. The van der Waals surface area contributed by atoms with Gasteiger partial charge in [-0.05, 0) is 24.8 Å². The number of rotatable bonds is 15. The van der Waals surface area contributed by atoms with Crippen LogP contribution in [0.2, 0.25) is 0 Å². The van der Waals surface area contributed by atoms with Crippen molar-refractivity contribution in [3.8, 4) is 0 Å². The smallest absolute Gasteiger partial charge is 0.169 e. The Labute approximate surface area is 145 Å². The van der Waals surface area contributed by atoms with E-state index < -0.39 is 0 Å². The first-order valence-corrected chi connectivity index (χ1v) is 10.3. The second-order valence-corrected chi connectivity index (χ2v) is 7.08. The van der Waals surface area contributed by atoms with E-state index in [1.807, 2.05) is 0 Å². The Morgan fingerprint density at radius 1 is 0.609 bits per heavy atom. The highest BCUT2D eigenvalue weighted by Crippen LogP contribution is 2.11. The third kappa shape index (κ3) is 11.3. The molecule has 0 radical (unpaired) electrons. The lowest BCUT2D eigenvalue weighted by Crippen LogP contribution is -2.32. The average molecular weight is 319 g/mol. The van der Waals surface area contributed by atoms with Crippen molar-refractivity contribution in [1.29, 1.82) is 0 Å². The maximum Gasteiger partial charge on any atom is 0.169 e. The van der Waals surface area contributed by atoms with Gasteiger partial charge >= 0.3 is 0 Å². The van der Waals surface area contributed by atoms with Crippen LogP contribution in [0.4, 0.5) is 0 Å². The van der Waals surface area contributed by atoms with Crippen LogP contribution in [0.15, 0.2) is 24.5 Å². The maximum absolute atomic E-state index is 2.34. The van der Waals surface area contributed by atoms with E-state index in [2.05, 4.69) is 42.9 Å². The van der Waals surface area contributed by atoms with Crippen molar-refractivity contribution in [3.63, 3.8) is 0 Å². The van der Waals surface area contributed by atoms with Crippen LogP contribution in [0.25, 0.3) is 0 Å². The van der Waals surface area contributed by atoms with Gasteiger partial charge in [-0.2, -0.15) is 0 Å². The summed E-state index contributed by atoms with van der Waals surface area (Å²) in [5, 5.41) is 0. The van der Waals surface area contributed by atoms with E-state index >= 15 is 0 Å². The van der Waals surface area contributed by atoms with Crippen molar-refractivity contribution in [2.45, 2.75) is 110 Å². The van der Waals surface area contributed by atoms with Gasteiger partial charge in [0.1, 0.15) is 6.54 Å². The molecule has 0 saturated carbocycles. The minimum Gasteiger partial charge on any atom is -0.205 e. The van der Waals surface area contributed by atoms with Crippen LogP contribution in [-0.2, 0) is 13.0 Å². The molecule has 0 spiro atoms. The summed E-state index contributed by atoms with van der Waals surface area (Å²) in [7, 11) is 0. The molecule has 1 aromatic heterocycles. The quantitative estimate of drug-likeness (QED) is 0.252. The van der Waals surface area contributed by atoms with Crippen molar-refractivity contribution < 1.29 is 4.57 Å². The van der Waals surface area contributed by atoms with Crippen LogP contribution < -0.4 is 4.57 Å². The summed E-state index contributed by atoms with van der Waals surface area (Å²) in [6.45, 7) is 5.74. The topological polar surface area (TPSA) is 3.88 Å². The van der Waals surface area contributed by atoms with E-state index in [1.165, 1.54) is 102 Å². The summed E-state index contributed by atoms with van der Waals surface area (Å²) in [5.74, 6) is 0. The molecular formula is C22H40N+. The first-order valence-electron chi connectivity index (χ1n) is 10.3. The molecule has 1 rings (SSSR count). The molecule has 132 valence electrons. The Kier molecular flexibility index (Phi) is 12.9. The normalized spacial score (nSPS) is 11.0. The lowest BCUT2D eigenvalue weighted by atomic mass is 10.0. The number of aromatic nitrogens is 1. The molecule has 0 atom stereocenters. The van der Waals surface area contributed by atoms with Gasteiger partial charge < -0.3 is 0 Å². The van der Waals surface area contributed by atoms with Gasteiger partial charge in [-0.1, -0.05) is 78.1 Å². The molecule has 1 heterocycles.